The summed E-state index contributed by atoms with van der Waals surface area (Å²) < 4.78 is 143. The molecule has 1 rings (SSSR count). The molecule has 2 N–H and O–H groups in total. The molecule has 0 radical (unpaired) electrons. The van der Waals surface area contributed by atoms with Gasteiger partial charge in [0.05, 0.1) is 13.1 Å². The van der Waals surface area contributed by atoms with Gasteiger partial charge in [0.2, 0.25) is 0 Å². The van der Waals surface area contributed by atoms with Crippen LogP contribution in [0, 0.1) is 20.5 Å². The second-order valence-corrected chi connectivity index (χ2v) is 8.26. The number of hydrogen-bond donors (Lipinski definition) is 2. The third-order valence-electron chi connectivity index (χ3n) is 3.67. The maximum Gasteiger partial charge on any atom is 2.00 e. The van der Waals surface area contributed by atoms with Crippen LogP contribution in [0.15, 0.2) is 0 Å². The predicted molar refractivity (Wildman–Crippen MR) is 80.0 cm³/mol. The minimum absolute atomic E-state index is 0. The molecule has 1 heterocycles. The van der Waals surface area contributed by atoms with E-state index in [1.807, 2.05) is 0 Å². The van der Waals surface area contributed by atoms with E-state index in [9.17, 15) is 26.3 Å². The standard InChI is InChI=1S/C14H26F6N4.2ClHO4.Ni/c15-13(16,17)11-23-7-1-3-21-5-10-24(12-14(18,19)20)8-2-4-22-6-9-23;2*2-1(3,4)5;/h21-22H,1-12H2;2*(H,2,3,4,5);/q;;;+2/p-2. The molecule has 1 saturated heterocycles. The van der Waals surface area contributed by atoms with E-state index in [2.05, 4.69) is 10.6 Å². The van der Waals surface area contributed by atoms with Gasteiger partial charge in [-0.15, -0.1) is 20.5 Å². The largest absolute Gasteiger partial charge is 2.00 e. The van der Waals surface area contributed by atoms with Gasteiger partial charge < -0.3 is 10.6 Å². The van der Waals surface area contributed by atoms with E-state index in [0.717, 1.165) is 0 Å². The SMILES string of the molecule is FC(F)(F)CN1CCCNCCN(CC(F)(F)F)CCCNCC1.[Ni+2].[O-][Cl+3]([O-])([O-])[O-].[O-][Cl+3]([O-])([O-])[O-]. The number of nitrogens with one attached hydrogen (secondary N) is 2. The Morgan fingerprint density at radius 1 is 0.543 bits per heavy atom. The van der Waals surface area contributed by atoms with Crippen LogP contribution < -0.4 is 47.9 Å². The molecule has 1 fully saturated rings. The van der Waals surface area contributed by atoms with Crippen molar-refractivity contribution in [2.45, 2.75) is 25.2 Å². The second kappa shape index (κ2) is 19.3. The minimum atomic E-state index is -4.94. The van der Waals surface area contributed by atoms with Crippen LogP contribution in [0.5, 0.6) is 0 Å². The molecule has 0 amide bonds. The van der Waals surface area contributed by atoms with Crippen LogP contribution in [0.25, 0.3) is 0 Å². The van der Waals surface area contributed by atoms with Gasteiger partial charge in [0.1, 0.15) is 0 Å². The predicted octanol–water partition coefficient (Wildman–Crippen LogP) is -7.83. The number of nitrogens with zero attached hydrogens (tertiary/aromatic N) is 2. The number of halogens is 8. The van der Waals surface area contributed by atoms with E-state index in [-0.39, 0.29) is 29.6 Å². The van der Waals surface area contributed by atoms with Crippen LogP contribution in [-0.4, -0.2) is 87.6 Å². The molecule has 0 aliphatic carbocycles. The molecule has 0 unspecified atom stereocenters. The van der Waals surface area contributed by atoms with Crippen molar-refractivity contribution in [1.29, 1.82) is 0 Å². The van der Waals surface area contributed by atoms with Crippen LogP contribution in [0.1, 0.15) is 12.8 Å². The molecule has 21 heteroatoms. The van der Waals surface area contributed by atoms with E-state index in [4.69, 9.17) is 37.3 Å². The van der Waals surface area contributed by atoms with Crippen LogP contribution in [0.2, 0.25) is 0 Å². The molecule has 0 spiro atoms. The van der Waals surface area contributed by atoms with Gasteiger partial charge in [0.25, 0.3) is 0 Å². The van der Waals surface area contributed by atoms with Crippen LogP contribution in [0.3, 0.4) is 0 Å². The van der Waals surface area contributed by atoms with Gasteiger partial charge in [-0.25, -0.2) is 37.3 Å². The van der Waals surface area contributed by atoms with E-state index < -0.39 is 45.9 Å². The summed E-state index contributed by atoms with van der Waals surface area (Å²) in [5, 5.41) is 6.01. The Labute approximate surface area is 211 Å². The Morgan fingerprint density at radius 3 is 1.03 bits per heavy atom. The van der Waals surface area contributed by atoms with E-state index in [1.54, 1.807) is 0 Å². The zero-order valence-corrected chi connectivity index (χ0v) is 20.5. The molecule has 1 aliphatic rings. The van der Waals surface area contributed by atoms with E-state index >= 15 is 0 Å². The summed E-state index contributed by atoms with van der Waals surface area (Å²) in [5.41, 5.74) is 0. The molecular weight excluding hydrogens is 596 g/mol. The van der Waals surface area contributed by atoms with Gasteiger partial charge in [-0.05, 0) is 39.0 Å². The monoisotopic (exact) mass is 620 g/mol. The number of alkyl halides is 6. The summed E-state index contributed by atoms with van der Waals surface area (Å²) in [4.78, 5) is 2.72. The summed E-state index contributed by atoms with van der Waals surface area (Å²) in [7, 11) is -9.89. The zero-order chi connectivity index (χ0) is 27.1. The summed E-state index contributed by atoms with van der Waals surface area (Å²) >= 11 is 0. The molecule has 0 saturated carbocycles. The van der Waals surface area contributed by atoms with Gasteiger partial charge in [0.15, 0.2) is 0 Å². The van der Waals surface area contributed by atoms with Crippen molar-refractivity contribution in [3.63, 3.8) is 0 Å². The second-order valence-electron chi connectivity index (χ2n) is 6.75. The van der Waals surface area contributed by atoms with Crippen LogP contribution in [-0.2, 0) is 16.5 Å². The normalized spacial score (nSPS) is 18.7. The van der Waals surface area contributed by atoms with Gasteiger partial charge in [-0.3, -0.25) is 9.80 Å². The maximum atomic E-state index is 12.5. The fourth-order valence-electron chi connectivity index (χ4n) is 2.63. The fourth-order valence-corrected chi connectivity index (χ4v) is 2.63. The molecule has 1 aliphatic heterocycles. The summed E-state index contributed by atoms with van der Waals surface area (Å²) in [6.45, 7) is 1.04. The Bertz CT molecular complexity index is 447. The van der Waals surface area contributed by atoms with Gasteiger partial charge in [-0.2, -0.15) is 26.3 Å². The molecule has 0 aromatic carbocycles. The van der Waals surface area contributed by atoms with Crippen molar-refractivity contribution < 1.29 is 101 Å². The summed E-state index contributed by atoms with van der Waals surface area (Å²) in [6, 6.07) is 0. The first-order valence-corrected chi connectivity index (χ1v) is 11.9. The third kappa shape index (κ3) is 44.6. The van der Waals surface area contributed by atoms with E-state index in [0.29, 0.717) is 52.1 Å². The van der Waals surface area contributed by atoms with Crippen molar-refractivity contribution in [3.8, 4) is 0 Å². The topological polar surface area (TPSA) is 215 Å². The van der Waals surface area contributed by atoms with Crippen molar-refractivity contribution in [3.05, 3.63) is 0 Å². The quantitative estimate of drug-likeness (QED) is 0.217. The molecular formula is C14H26Cl2F6N4NiO8. The Hall–Kier alpha value is 0.174. The van der Waals surface area contributed by atoms with Crippen molar-refractivity contribution in [2.24, 2.45) is 0 Å². The Kier molecular flexibility index (Phi) is 21.9. The van der Waals surface area contributed by atoms with Crippen LogP contribution >= 0.6 is 0 Å². The van der Waals surface area contributed by atoms with Gasteiger partial charge in [0, 0.05) is 26.2 Å². The van der Waals surface area contributed by atoms with Crippen molar-refractivity contribution in [1.82, 2.24) is 20.4 Å². The molecule has 0 atom stereocenters. The van der Waals surface area contributed by atoms with Crippen molar-refractivity contribution in [2.75, 3.05) is 65.4 Å². The minimum Gasteiger partial charge on any atom is -0.315 e. The van der Waals surface area contributed by atoms with E-state index in [1.165, 1.54) is 9.80 Å². The first-order valence-electron chi connectivity index (χ1n) is 9.39. The molecule has 0 aromatic heterocycles. The average molecular weight is 622 g/mol. The number of hydrogen-bond acceptors (Lipinski definition) is 12. The molecule has 216 valence electrons. The first-order chi connectivity index (χ1) is 15.2. The van der Waals surface area contributed by atoms with Crippen molar-refractivity contribution >= 4 is 0 Å². The fraction of sp³-hybridized carbons (Fsp3) is 1.00. The summed E-state index contributed by atoms with van der Waals surface area (Å²) in [6.07, 6.45) is -7.40. The van der Waals surface area contributed by atoms with Gasteiger partial charge >= 0.3 is 28.8 Å². The van der Waals surface area contributed by atoms with Crippen LogP contribution in [0.4, 0.5) is 26.3 Å². The third-order valence-corrected chi connectivity index (χ3v) is 3.67. The zero-order valence-electron chi connectivity index (χ0n) is 18.0. The number of rotatable bonds is 2. The Morgan fingerprint density at radius 2 is 0.800 bits per heavy atom. The molecule has 0 aromatic rings. The molecule has 12 nitrogen and oxygen atoms in total. The smallest absolute Gasteiger partial charge is 0.315 e. The van der Waals surface area contributed by atoms with Gasteiger partial charge in [-0.1, -0.05) is 0 Å². The molecule has 0 bridgehead atoms. The molecule has 35 heavy (non-hydrogen) atoms. The average Bonchev–Trinajstić information content (AvgIpc) is 2.54. The summed E-state index contributed by atoms with van der Waals surface area (Å²) in [5.74, 6) is 0. The Balaban J connectivity index is -0.000000784. The maximum absolute atomic E-state index is 12.5. The first kappa shape index (κ1) is 39.7.